The molecule has 3 heterocycles. The van der Waals surface area contributed by atoms with E-state index in [1.807, 2.05) is 26.0 Å². The van der Waals surface area contributed by atoms with Crippen molar-refractivity contribution in [3.05, 3.63) is 58.9 Å². The lowest BCUT2D eigenvalue weighted by Gasteiger charge is -2.10. The third-order valence-corrected chi connectivity index (χ3v) is 4.93. The van der Waals surface area contributed by atoms with Crippen LogP contribution in [0.25, 0.3) is 11.3 Å². The molecule has 0 aliphatic carbocycles. The molecule has 7 nitrogen and oxygen atoms in total. The highest BCUT2D eigenvalue weighted by atomic mass is 16.5. The number of amides is 1. The molecule has 4 rings (SSSR count). The molecule has 0 bridgehead atoms. The van der Waals surface area contributed by atoms with E-state index in [1.54, 1.807) is 12.3 Å². The molecule has 7 heteroatoms. The van der Waals surface area contributed by atoms with Crippen LogP contribution < -0.4 is 10.1 Å². The lowest BCUT2D eigenvalue weighted by atomic mass is 10.0. The van der Waals surface area contributed by atoms with Crippen LogP contribution in [0.3, 0.4) is 0 Å². The van der Waals surface area contributed by atoms with Crippen molar-refractivity contribution in [2.75, 3.05) is 6.54 Å². The first-order chi connectivity index (χ1) is 14.0. The molecule has 0 spiro atoms. The summed E-state index contributed by atoms with van der Waals surface area (Å²) in [6.45, 7) is 6.35. The van der Waals surface area contributed by atoms with Gasteiger partial charge in [0.05, 0.1) is 23.6 Å². The van der Waals surface area contributed by atoms with Crippen LogP contribution in [0.4, 0.5) is 0 Å². The molecule has 0 radical (unpaired) electrons. The Morgan fingerprint density at radius 1 is 1.28 bits per heavy atom. The number of nitrogens with zero attached hydrogens (tertiary/aromatic N) is 3. The second-order valence-corrected chi connectivity index (χ2v) is 7.35. The van der Waals surface area contributed by atoms with Crippen molar-refractivity contribution in [2.45, 2.75) is 46.1 Å². The Bertz CT molecular complexity index is 1040. The van der Waals surface area contributed by atoms with Crippen LogP contribution in [-0.4, -0.2) is 33.7 Å². The first-order valence-corrected chi connectivity index (χ1v) is 9.87. The molecule has 1 unspecified atom stereocenters. The molecular weight excluding hydrogens is 368 g/mol. The Morgan fingerprint density at radius 2 is 2.14 bits per heavy atom. The normalized spacial score (nSPS) is 15.1. The van der Waals surface area contributed by atoms with Crippen LogP contribution in [0.2, 0.25) is 0 Å². The van der Waals surface area contributed by atoms with Gasteiger partial charge in [-0.05, 0) is 44.0 Å². The molecule has 150 valence electrons. The number of benzene rings is 1. The zero-order valence-electron chi connectivity index (χ0n) is 16.9. The fourth-order valence-electron chi connectivity index (χ4n) is 3.47. The fraction of sp³-hybridized carbons (Fsp3) is 0.364. The number of aromatic nitrogens is 3. The highest BCUT2D eigenvalue weighted by molar-refractivity contribution is 5.92. The highest BCUT2D eigenvalue weighted by Gasteiger charge is 2.25. The number of hydrogen-bond donors (Lipinski definition) is 1. The SMILES string of the molecule is CCCc1cc(C(=O)NCC2Cc3cc(-c4nc(C)cnc4C)ccc3O2)no1. The summed E-state index contributed by atoms with van der Waals surface area (Å²) in [5, 5.41) is 6.72. The van der Waals surface area contributed by atoms with Crippen LogP contribution in [0.1, 0.15) is 46.5 Å². The van der Waals surface area contributed by atoms with Gasteiger partial charge in [0.15, 0.2) is 5.69 Å². The predicted octanol–water partition coefficient (Wildman–Crippen LogP) is 3.43. The summed E-state index contributed by atoms with van der Waals surface area (Å²) in [6.07, 6.45) is 4.10. The molecule has 1 aliphatic rings. The Hall–Kier alpha value is -3.22. The lowest BCUT2D eigenvalue weighted by Crippen LogP contribution is -2.34. The number of hydrogen-bond acceptors (Lipinski definition) is 6. The van der Waals surface area contributed by atoms with Crippen LogP contribution >= 0.6 is 0 Å². The molecule has 2 aromatic heterocycles. The van der Waals surface area contributed by atoms with Gasteiger partial charge < -0.3 is 14.6 Å². The van der Waals surface area contributed by atoms with Crippen molar-refractivity contribution in [1.29, 1.82) is 0 Å². The van der Waals surface area contributed by atoms with Gasteiger partial charge >= 0.3 is 0 Å². The van der Waals surface area contributed by atoms with Crippen LogP contribution in [0.5, 0.6) is 5.75 Å². The van der Waals surface area contributed by atoms with Gasteiger partial charge in [0.25, 0.3) is 5.91 Å². The smallest absolute Gasteiger partial charge is 0.273 e. The van der Waals surface area contributed by atoms with Gasteiger partial charge in [-0.1, -0.05) is 12.1 Å². The molecule has 0 fully saturated rings. The molecule has 1 aliphatic heterocycles. The number of fused-ring (bicyclic) bond motifs is 1. The summed E-state index contributed by atoms with van der Waals surface area (Å²) in [5.74, 6) is 1.32. The van der Waals surface area contributed by atoms with Gasteiger partial charge in [-0.3, -0.25) is 9.78 Å². The molecule has 1 atom stereocenters. The van der Waals surface area contributed by atoms with Crippen LogP contribution in [-0.2, 0) is 12.8 Å². The molecule has 0 saturated heterocycles. The number of nitrogens with one attached hydrogen (secondary N) is 1. The summed E-state index contributed by atoms with van der Waals surface area (Å²) in [4.78, 5) is 21.3. The van der Waals surface area contributed by atoms with Crippen molar-refractivity contribution in [3.63, 3.8) is 0 Å². The van der Waals surface area contributed by atoms with Crippen molar-refractivity contribution >= 4 is 5.91 Å². The number of aryl methyl sites for hydroxylation is 3. The first kappa shape index (κ1) is 19.1. The van der Waals surface area contributed by atoms with E-state index in [0.29, 0.717) is 12.2 Å². The van der Waals surface area contributed by atoms with Crippen molar-refractivity contribution in [3.8, 4) is 17.0 Å². The van der Waals surface area contributed by atoms with E-state index in [9.17, 15) is 4.79 Å². The second-order valence-electron chi connectivity index (χ2n) is 7.35. The monoisotopic (exact) mass is 392 g/mol. The first-order valence-electron chi connectivity index (χ1n) is 9.87. The van der Waals surface area contributed by atoms with E-state index < -0.39 is 0 Å². The standard InChI is InChI=1S/C22H24N4O3/c1-4-5-17-10-19(26-29-17)22(27)24-12-18-9-16-8-15(6-7-20(16)28-18)21-14(3)23-11-13(2)25-21/h6-8,10-11,18H,4-5,9,12H2,1-3H3,(H,24,27). The van der Waals surface area contributed by atoms with E-state index in [2.05, 4.69) is 33.4 Å². The van der Waals surface area contributed by atoms with Crippen LogP contribution in [0, 0.1) is 13.8 Å². The minimum absolute atomic E-state index is 0.115. The van der Waals surface area contributed by atoms with Crippen LogP contribution in [0.15, 0.2) is 35.0 Å². The number of carbonyl (C=O) groups is 1. The maximum atomic E-state index is 12.3. The highest BCUT2D eigenvalue weighted by Crippen LogP contribution is 2.33. The van der Waals surface area contributed by atoms with Gasteiger partial charge in [-0.15, -0.1) is 0 Å². The summed E-state index contributed by atoms with van der Waals surface area (Å²) in [6, 6.07) is 7.76. The Morgan fingerprint density at radius 3 is 2.97 bits per heavy atom. The van der Waals surface area contributed by atoms with E-state index in [1.165, 1.54) is 0 Å². The zero-order valence-corrected chi connectivity index (χ0v) is 16.9. The van der Waals surface area contributed by atoms with Gasteiger partial charge in [0.1, 0.15) is 17.6 Å². The lowest BCUT2D eigenvalue weighted by molar-refractivity contribution is 0.0924. The number of ether oxygens (including phenoxy) is 1. The van der Waals surface area contributed by atoms with Gasteiger partial charge in [0.2, 0.25) is 0 Å². The summed E-state index contributed by atoms with van der Waals surface area (Å²) >= 11 is 0. The van der Waals surface area contributed by atoms with Gasteiger partial charge in [0, 0.05) is 30.7 Å². The molecular formula is C22H24N4O3. The molecule has 1 aromatic carbocycles. The fourth-order valence-corrected chi connectivity index (χ4v) is 3.47. The molecule has 0 saturated carbocycles. The molecule has 3 aromatic rings. The molecule has 29 heavy (non-hydrogen) atoms. The summed E-state index contributed by atoms with van der Waals surface area (Å²) in [7, 11) is 0. The van der Waals surface area contributed by atoms with E-state index >= 15 is 0 Å². The molecule has 1 amide bonds. The maximum absolute atomic E-state index is 12.3. The van der Waals surface area contributed by atoms with Crippen molar-refractivity contribution < 1.29 is 14.1 Å². The second kappa shape index (κ2) is 8.03. The quantitative estimate of drug-likeness (QED) is 0.691. The van der Waals surface area contributed by atoms with Gasteiger partial charge in [-0.25, -0.2) is 4.98 Å². The number of rotatable bonds is 6. The topological polar surface area (TPSA) is 90.1 Å². The summed E-state index contributed by atoms with van der Waals surface area (Å²) < 4.78 is 11.2. The van der Waals surface area contributed by atoms with Crippen molar-refractivity contribution in [2.24, 2.45) is 0 Å². The van der Waals surface area contributed by atoms with Gasteiger partial charge in [-0.2, -0.15) is 0 Å². The third-order valence-electron chi connectivity index (χ3n) is 4.93. The Balaban J connectivity index is 1.40. The van der Waals surface area contributed by atoms with E-state index in [0.717, 1.165) is 59.0 Å². The largest absolute Gasteiger partial charge is 0.488 e. The predicted molar refractivity (Wildman–Crippen MR) is 108 cm³/mol. The zero-order chi connectivity index (χ0) is 20.4. The van der Waals surface area contributed by atoms with E-state index in [-0.39, 0.29) is 12.0 Å². The maximum Gasteiger partial charge on any atom is 0.273 e. The Labute approximate surface area is 169 Å². The van der Waals surface area contributed by atoms with Crippen molar-refractivity contribution in [1.82, 2.24) is 20.4 Å². The van der Waals surface area contributed by atoms with E-state index in [4.69, 9.17) is 9.26 Å². The average Bonchev–Trinajstić information content (AvgIpc) is 3.34. The third kappa shape index (κ3) is 4.13. The Kier molecular flexibility index (Phi) is 5.29. The number of carbonyl (C=O) groups excluding carboxylic acids is 1. The minimum atomic E-state index is -0.248. The molecule has 1 N–H and O–H groups in total. The average molecular weight is 392 g/mol. The minimum Gasteiger partial charge on any atom is -0.488 e. The summed E-state index contributed by atoms with van der Waals surface area (Å²) in [5.41, 5.74) is 5.11.